The van der Waals surface area contributed by atoms with Crippen LogP contribution in [-0.4, -0.2) is 5.11 Å². The van der Waals surface area contributed by atoms with Gasteiger partial charge in [-0.05, 0) is 48.8 Å². The van der Waals surface area contributed by atoms with Gasteiger partial charge in [-0.25, -0.2) is 0 Å². The van der Waals surface area contributed by atoms with Crippen molar-refractivity contribution in [3.8, 4) is 5.75 Å². The molecule has 1 fully saturated rings. The van der Waals surface area contributed by atoms with E-state index in [4.69, 9.17) is 0 Å². The SMILES string of the molecule is CCC1(CCc2ccc(O)cc2)CCCC1. The fourth-order valence-corrected chi connectivity index (χ4v) is 2.98. The number of phenols is 1. The lowest BCUT2D eigenvalue weighted by Gasteiger charge is -2.27. The standard InChI is InChI=1S/C15H22O/c1-2-15(10-3-4-11-15)12-9-13-5-7-14(16)8-6-13/h5-8,16H,2-4,9-12H2,1H3. The van der Waals surface area contributed by atoms with Crippen molar-refractivity contribution in [2.45, 2.75) is 51.9 Å². The number of hydrogen-bond donors (Lipinski definition) is 1. The van der Waals surface area contributed by atoms with Gasteiger partial charge < -0.3 is 5.11 Å². The fraction of sp³-hybridized carbons (Fsp3) is 0.600. The Morgan fingerprint density at radius 1 is 1.12 bits per heavy atom. The summed E-state index contributed by atoms with van der Waals surface area (Å²) in [6.07, 6.45) is 9.48. The molecule has 16 heavy (non-hydrogen) atoms. The maximum absolute atomic E-state index is 9.23. The zero-order valence-electron chi connectivity index (χ0n) is 10.2. The van der Waals surface area contributed by atoms with Crippen LogP contribution in [-0.2, 0) is 6.42 Å². The minimum Gasteiger partial charge on any atom is -0.508 e. The summed E-state index contributed by atoms with van der Waals surface area (Å²) in [6, 6.07) is 7.69. The summed E-state index contributed by atoms with van der Waals surface area (Å²) in [5.74, 6) is 0.370. The molecule has 1 saturated carbocycles. The lowest BCUT2D eigenvalue weighted by atomic mass is 9.78. The monoisotopic (exact) mass is 218 g/mol. The molecule has 1 aliphatic rings. The number of phenolic OH excluding ortho intramolecular Hbond substituents is 1. The van der Waals surface area contributed by atoms with Gasteiger partial charge in [-0.2, -0.15) is 0 Å². The van der Waals surface area contributed by atoms with Crippen LogP contribution in [0.5, 0.6) is 5.75 Å². The molecule has 1 heteroatoms. The summed E-state index contributed by atoms with van der Waals surface area (Å²) in [5, 5.41) is 9.23. The molecule has 0 aliphatic heterocycles. The first kappa shape index (κ1) is 11.5. The maximum Gasteiger partial charge on any atom is 0.115 e. The van der Waals surface area contributed by atoms with E-state index in [1.54, 1.807) is 12.1 Å². The molecule has 0 heterocycles. The quantitative estimate of drug-likeness (QED) is 0.799. The molecular weight excluding hydrogens is 196 g/mol. The molecule has 0 aromatic heterocycles. The van der Waals surface area contributed by atoms with Crippen LogP contribution in [0, 0.1) is 5.41 Å². The van der Waals surface area contributed by atoms with E-state index in [-0.39, 0.29) is 0 Å². The second kappa shape index (κ2) is 4.90. The van der Waals surface area contributed by atoms with Crippen molar-refractivity contribution >= 4 is 0 Å². The van der Waals surface area contributed by atoms with Gasteiger partial charge >= 0.3 is 0 Å². The number of rotatable bonds is 4. The number of hydrogen-bond acceptors (Lipinski definition) is 1. The number of benzene rings is 1. The van der Waals surface area contributed by atoms with Crippen LogP contribution in [0.4, 0.5) is 0 Å². The predicted octanol–water partition coefficient (Wildman–Crippen LogP) is 4.30. The van der Waals surface area contributed by atoms with E-state index < -0.39 is 0 Å². The summed E-state index contributed by atoms with van der Waals surface area (Å²) in [7, 11) is 0. The van der Waals surface area contributed by atoms with Crippen molar-refractivity contribution in [3.05, 3.63) is 29.8 Å². The van der Waals surface area contributed by atoms with Gasteiger partial charge in [0.05, 0.1) is 0 Å². The Hall–Kier alpha value is -0.980. The summed E-state index contributed by atoms with van der Waals surface area (Å²) in [4.78, 5) is 0. The minimum absolute atomic E-state index is 0.370. The van der Waals surface area contributed by atoms with Crippen LogP contribution in [0.2, 0.25) is 0 Å². The molecule has 0 saturated heterocycles. The van der Waals surface area contributed by atoms with Gasteiger partial charge in [0.1, 0.15) is 5.75 Å². The Morgan fingerprint density at radius 2 is 1.75 bits per heavy atom. The largest absolute Gasteiger partial charge is 0.508 e. The molecule has 1 aromatic rings. The van der Waals surface area contributed by atoms with Crippen LogP contribution in [0.1, 0.15) is 51.0 Å². The van der Waals surface area contributed by atoms with Crippen molar-refractivity contribution in [2.75, 3.05) is 0 Å². The zero-order valence-corrected chi connectivity index (χ0v) is 10.2. The van der Waals surface area contributed by atoms with Gasteiger partial charge in [0, 0.05) is 0 Å². The second-order valence-corrected chi connectivity index (χ2v) is 5.23. The summed E-state index contributed by atoms with van der Waals surface area (Å²) >= 11 is 0. The third kappa shape index (κ3) is 2.58. The Labute approximate surface area is 98.5 Å². The predicted molar refractivity (Wildman–Crippen MR) is 67.6 cm³/mol. The highest BCUT2D eigenvalue weighted by atomic mass is 16.3. The number of aromatic hydroxyl groups is 1. The fourth-order valence-electron chi connectivity index (χ4n) is 2.98. The average Bonchev–Trinajstić information content (AvgIpc) is 2.78. The van der Waals surface area contributed by atoms with Crippen molar-refractivity contribution in [1.29, 1.82) is 0 Å². The van der Waals surface area contributed by atoms with Gasteiger partial charge in [-0.3, -0.25) is 0 Å². The lowest BCUT2D eigenvalue weighted by Crippen LogP contribution is -2.15. The van der Waals surface area contributed by atoms with Crippen molar-refractivity contribution in [1.82, 2.24) is 0 Å². The molecule has 1 N–H and O–H groups in total. The molecule has 1 aromatic carbocycles. The van der Waals surface area contributed by atoms with Gasteiger partial charge in [0.25, 0.3) is 0 Å². The van der Waals surface area contributed by atoms with E-state index in [9.17, 15) is 5.11 Å². The Balaban J connectivity index is 1.93. The normalized spacial score (nSPS) is 18.8. The van der Waals surface area contributed by atoms with Crippen LogP contribution in [0.15, 0.2) is 24.3 Å². The van der Waals surface area contributed by atoms with E-state index in [2.05, 4.69) is 6.92 Å². The summed E-state index contributed by atoms with van der Waals surface area (Å²) in [6.45, 7) is 2.34. The molecule has 2 rings (SSSR count). The Morgan fingerprint density at radius 3 is 2.31 bits per heavy atom. The Kier molecular flexibility index (Phi) is 3.52. The van der Waals surface area contributed by atoms with E-state index in [1.807, 2.05) is 12.1 Å². The van der Waals surface area contributed by atoms with Crippen LogP contribution < -0.4 is 0 Å². The van der Waals surface area contributed by atoms with Gasteiger partial charge in [-0.15, -0.1) is 0 Å². The highest BCUT2D eigenvalue weighted by Crippen LogP contribution is 2.44. The van der Waals surface area contributed by atoms with E-state index in [0.717, 1.165) is 6.42 Å². The molecule has 88 valence electrons. The maximum atomic E-state index is 9.23. The van der Waals surface area contributed by atoms with Gasteiger partial charge in [0.2, 0.25) is 0 Å². The third-order valence-electron chi connectivity index (χ3n) is 4.29. The zero-order chi connectivity index (χ0) is 11.4. The molecule has 0 bridgehead atoms. The molecule has 0 radical (unpaired) electrons. The molecule has 0 atom stereocenters. The first-order chi connectivity index (χ1) is 7.74. The highest BCUT2D eigenvalue weighted by molar-refractivity contribution is 5.26. The topological polar surface area (TPSA) is 20.2 Å². The lowest BCUT2D eigenvalue weighted by molar-refractivity contribution is 0.260. The van der Waals surface area contributed by atoms with Gasteiger partial charge in [-0.1, -0.05) is 38.3 Å². The highest BCUT2D eigenvalue weighted by Gasteiger charge is 2.31. The van der Waals surface area contributed by atoms with E-state index in [1.165, 1.54) is 44.1 Å². The van der Waals surface area contributed by atoms with Crippen molar-refractivity contribution in [2.24, 2.45) is 5.41 Å². The molecule has 0 spiro atoms. The van der Waals surface area contributed by atoms with E-state index >= 15 is 0 Å². The Bertz CT molecular complexity index is 320. The molecule has 1 nitrogen and oxygen atoms in total. The van der Waals surface area contributed by atoms with E-state index in [0.29, 0.717) is 11.2 Å². The van der Waals surface area contributed by atoms with Crippen LogP contribution in [0.3, 0.4) is 0 Å². The third-order valence-corrected chi connectivity index (χ3v) is 4.29. The molecular formula is C15H22O. The first-order valence-electron chi connectivity index (χ1n) is 6.52. The summed E-state index contributed by atoms with van der Waals surface area (Å²) < 4.78 is 0. The second-order valence-electron chi connectivity index (χ2n) is 5.23. The average molecular weight is 218 g/mol. The summed E-state index contributed by atoms with van der Waals surface area (Å²) in [5.41, 5.74) is 1.98. The van der Waals surface area contributed by atoms with Gasteiger partial charge in [0.15, 0.2) is 0 Å². The van der Waals surface area contributed by atoms with Crippen LogP contribution >= 0.6 is 0 Å². The number of aryl methyl sites for hydroxylation is 1. The van der Waals surface area contributed by atoms with Crippen molar-refractivity contribution < 1.29 is 5.11 Å². The smallest absolute Gasteiger partial charge is 0.115 e. The molecule has 0 unspecified atom stereocenters. The van der Waals surface area contributed by atoms with Crippen molar-refractivity contribution in [3.63, 3.8) is 0 Å². The van der Waals surface area contributed by atoms with Crippen LogP contribution in [0.25, 0.3) is 0 Å². The molecule has 0 amide bonds. The molecule has 1 aliphatic carbocycles. The first-order valence-corrected chi connectivity index (χ1v) is 6.52. The minimum atomic E-state index is 0.370.